The summed E-state index contributed by atoms with van der Waals surface area (Å²) in [5.41, 5.74) is 2.11. The van der Waals surface area contributed by atoms with E-state index in [2.05, 4.69) is 31.8 Å². The largest absolute Gasteiger partial charge is 0.459 e. The summed E-state index contributed by atoms with van der Waals surface area (Å²) < 4.78 is 7.71. The van der Waals surface area contributed by atoms with Crippen LogP contribution in [0.1, 0.15) is 58.6 Å². The normalized spacial score (nSPS) is 31.3. The fourth-order valence-corrected chi connectivity index (χ4v) is 5.01. The molecule has 1 aromatic rings. The van der Waals surface area contributed by atoms with Crippen molar-refractivity contribution in [2.45, 2.75) is 65.1 Å². The molecule has 2 aliphatic rings. The number of imidazole rings is 1. The lowest BCUT2D eigenvalue weighted by molar-refractivity contribution is -0.143. The number of esters is 1. The minimum Gasteiger partial charge on any atom is -0.459 e. The third kappa shape index (κ3) is 5.94. The smallest absolute Gasteiger partial charge is 0.331 e. The Morgan fingerprint density at radius 1 is 1.27 bits per heavy atom. The highest BCUT2D eigenvalue weighted by molar-refractivity contribution is 5.86. The van der Waals surface area contributed by atoms with Gasteiger partial charge in [-0.15, -0.1) is 0 Å². The summed E-state index contributed by atoms with van der Waals surface area (Å²) in [6, 6.07) is 0. The molecule has 1 aromatic heterocycles. The van der Waals surface area contributed by atoms with Gasteiger partial charge in [-0.25, -0.2) is 9.78 Å². The van der Waals surface area contributed by atoms with Crippen LogP contribution in [0, 0.1) is 23.7 Å². The monoisotopic (exact) mass is 412 g/mol. The van der Waals surface area contributed by atoms with Crippen LogP contribution in [0.3, 0.4) is 0 Å². The van der Waals surface area contributed by atoms with Gasteiger partial charge in [-0.1, -0.05) is 37.6 Å². The van der Waals surface area contributed by atoms with Gasteiger partial charge in [-0.3, -0.25) is 0 Å². The molecule has 1 heterocycles. The number of ether oxygens (including phenoxy) is 1. The Morgan fingerprint density at radius 3 is 2.73 bits per heavy atom. The van der Waals surface area contributed by atoms with Gasteiger partial charge in [0.1, 0.15) is 6.10 Å². The minimum absolute atomic E-state index is 0.167. The molecule has 5 nitrogen and oxygen atoms in total. The summed E-state index contributed by atoms with van der Waals surface area (Å²) in [7, 11) is 1.90. The Bertz CT molecular complexity index is 805. The number of aromatic nitrogens is 2. The molecule has 0 amide bonds. The van der Waals surface area contributed by atoms with Crippen molar-refractivity contribution in [1.29, 1.82) is 0 Å². The molecule has 164 valence electrons. The Hall–Kier alpha value is -2.14. The van der Waals surface area contributed by atoms with Crippen molar-refractivity contribution in [2.75, 3.05) is 0 Å². The Morgan fingerprint density at radius 2 is 2.03 bits per heavy atom. The summed E-state index contributed by atoms with van der Waals surface area (Å²) in [4.78, 5) is 16.7. The molecule has 0 saturated heterocycles. The Balaban J connectivity index is 1.75. The maximum atomic E-state index is 12.5. The molecular weight excluding hydrogens is 376 g/mol. The zero-order valence-corrected chi connectivity index (χ0v) is 18.7. The fourth-order valence-electron chi connectivity index (χ4n) is 5.01. The van der Waals surface area contributed by atoms with Crippen molar-refractivity contribution in [3.63, 3.8) is 0 Å². The van der Waals surface area contributed by atoms with Gasteiger partial charge in [-0.2, -0.15) is 0 Å². The standard InChI is InChI=1S/C25H36N2O3/c1-17(2)22-11-9-18(3)23-14-21(8-6-5-7-20(28)13-24(22)23)30-25(29)12-10-19-15-27(4)16-26-19/h5-6,9-10,12,15-17,20-24,28H,7-8,11,13-14H2,1-4H3/b6-5-,12-10+/t20-,21-,22-,23+,24-/m1/s1. The predicted octanol–water partition coefficient (Wildman–Crippen LogP) is 4.69. The number of allylic oxidation sites excluding steroid dienone is 2. The topological polar surface area (TPSA) is 64.3 Å². The zero-order chi connectivity index (χ0) is 21.7. The number of hydrogen-bond acceptors (Lipinski definition) is 4. The van der Waals surface area contributed by atoms with Crippen molar-refractivity contribution >= 4 is 12.0 Å². The van der Waals surface area contributed by atoms with Gasteiger partial charge in [0, 0.05) is 25.7 Å². The first kappa shape index (κ1) is 22.5. The van der Waals surface area contributed by atoms with E-state index in [0.717, 1.165) is 25.0 Å². The third-order valence-corrected chi connectivity index (χ3v) is 6.65. The molecular formula is C25H36N2O3. The van der Waals surface area contributed by atoms with Gasteiger partial charge < -0.3 is 14.4 Å². The van der Waals surface area contributed by atoms with Crippen LogP contribution in [-0.4, -0.2) is 32.8 Å². The number of carbonyl (C=O) groups is 1. The van der Waals surface area contributed by atoms with Crippen LogP contribution in [0.2, 0.25) is 0 Å². The Kier molecular flexibility index (Phi) is 7.70. The second-order valence-electron chi connectivity index (χ2n) is 9.29. The van der Waals surface area contributed by atoms with E-state index in [4.69, 9.17) is 4.74 Å². The van der Waals surface area contributed by atoms with Crippen LogP contribution >= 0.6 is 0 Å². The first-order valence-corrected chi connectivity index (χ1v) is 11.2. The van der Waals surface area contributed by atoms with E-state index in [0.29, 0.717) is 36.5 Å². The average molecular weight is 413 g/mol. The van der Waals surface area contributed by atoms with Gasteiger partial charge in [0.15, 0.2) is 0 Å². The Labute approximate surface area is 180 Å². The highest BCUT2D eigenvalue weighted by Gasteiger charge is 2.37. The first-order chi connectivity index (χ1) is 14.3. The van der Waals surface area contributed by atoms with Crippen LogP contribution in [0.15, 0.2) is 42.4 Å². The van der Waals surface area contributed by atoms with Crippen molar-refractivity contribution < 1.29 is 14.6 Å². The first-order valence-electron chi connectivity index (χ1n) is 11.2. The lowest BCUT2D eigenvalue weighted by Gasteiger charge is -2.42. The van der Waals surface area contributed by atoms with E-state index in [1.165, 1.54) is 11.6 Å². The lowest BCUT2D eigenvalue weighted by atomic mass is 9.64. The molecule has 0 aliphatic heterocycles. The van der Waals surface area contributed by atoms with E-state index in [-0.39, 0.29) is 18.2 Å². The molecule has 5 atom stereocenters. The number of rotatable bonds is 4. The minimum atomic E-state index is -0.328. The van der Waals surface area contributed by atoms with E-state index >= 15 is 0 Å². The number of hydrogen-bond donors (Lipinski definition) is 1. The molecule has 2 aliphatic carbocycles. The van der Waals surface area contributed by atoms with Crippen molar-refractivity contribution in [3.05, 3.63) is 48.1 Å². The maximum absolute atomic E-state index is 12.5. The highest BCUT2D eigenvalue weighted by Crippen LogP contribution is 2.44. The number of nitrogens with zero attached hydrogens (tertiary/aromatic N) is 2. The molecule has 0 spiro atoms. The van der Waals surface area contributed by atoms with E-state index in [1.54, 1.807) is 12.4 Å². The maximum Gasteiger partial charge on any atom is 0.331 e. The number of aryl methyl sites for hydroxylation is 1. The molecule has 5 heteroatoms. The van der Waals surface area contributed by atoms with Gasteiger partial charge >= 0.3 is 5.97 Å². The number of aliphatic hydroxyl groups excluding tert-OH is 1. The third-order valence-electron chi connectivity index (χ3n) is 6.65. The molecule has 0 fully saturated rings. The number of aliphatic hydroxyl groups is 1. The summed E-state index contributed by atoms with van der Waals surface area (Å²) in [6.45, 7) is 6.75. The van der Waals surface area contributed by atoms with Crippen LogP contribution in [0.25, 0.3) is 6.08 Å². The predicted molar refractivity (Wildman–Crippen MR) is 119 cm³/mol. The van der Waals surface area contributed by atoms with Gasteiger partial charge in [0.2, 0.25) is 0 Å². The molecule has 0 unspecified atom stereocenters. The van der Waals surface area contributed by atoms with Crippen LogP contribution in [-0.2, 0) is 16.6 Å². The molecule has 1 N–H and O–H groups in total. The second kappa shape index (κ2) is 10.3. The summed E-state index contributed by atoms with van der Waals surface area (Å²) >= 11 is 0. The molecule has 0 radical (unpaired) electrons. The molecule has 30 heavy (non-hydrogen) atoms. The van der Waals surface area contributed by atoms with Gasteiger partial charge in [0.25, 0.3) is 0 Å². The van der Waals surface area contributed by atoms with Crippen LogP contribution in [0.4, 0.5) is 0 Å². The summed E-state index contributed by atoms with van der Waals surface area (Å²) in [5, 5.41) is 10.6. The molecule has 0 aromatic carbocycles. The van der Waals surface area contributed by atoms with E-state index in [9.17, 15) is 9.90 Å². The van der Waals surface area contributed by atoms with Crippen LogP contribution in [0.5, 0.6) is 0 Å². The van der Waals surface area contributed by atoms with E-state index in [1.807, 2.05) is 30.0 Å². The second-order valence-corrected chi connectivity index (χ2v) is 9.29. The molecule has 0 bridgehead atoms. The summed E-state index contributed by atoms with van der Waals surface area (Å²) in [6.07, 6.45) is 16.7. The number of carbonyl (C=O) groups excluding carboxylic acids is 1. The van der Waals surface area contributed by atoms with E-state index < -0.39 is 0 Å². The average Bonchev–Trinajstić information content (AvgIpc) is 3.11. The van der Waals surface area contributed by atoms with Gasteiger partial charge in [-0.05, 0) is 62.4 Å². The van der Waals surface area contributed by atoms with Gasteiger partial charge in [0.05, 0.1) is 18.1 Å². The lowest BCUT2D eigenvalue weighted by Crippen LogP contribution is -2.36. The molecule has 3 rings (SSSR count). The van der Waals surface area contributed by atoms with Crippen molar-refractivity contribution in [3.8, 4) is 0 Å². The highest BCUT2D eigenvalue weighted by atomic mass is 16.5. The van der Waals surface area contributed by atoms with Crippen molar-refractivity contribution in [1.82, 2.24) is 9.55 Å². The quantitative estimate of drug-likeness (QED) is 0.443. The zero-order valence-electron chi connectivity index (χ0n) is 18.7. The summed E-state index contributed by atoms with van der Waals surface area (Å²) in [5.74, 6) is 1.55. The molecule has 0 saturated carbocycles. The SMILES string of the molecule is CC1=CC[C@H](C(C)C)[C@H]2C[C@H](O)C/C=C\C[C@@H](OC(=O)/C=C/c3cn(C)cn3)C[C@@H]12. The fraction of sp³-hybridized carbons (Fsp3) is 0.600. The van der Waals surface area contributed by atoms with Crippen LogP contribution < -0.4 is 0 Å². The number of fused-ring (bicyclic) bond motifs is 1. The van der Waals surface area contributed by atoms with Crippen molar-refractivity contribution in [2.24, 2.45) is 30.7 Å².